The second-order valence-electron chi connectivity index (χ2n) is 6.89. The lowest BCUT2D eigenvalue weighted by Gasteiger charge is -2.33. The lowest BCUT2D eigenvalue weighted by molar-refractivity contribution is -0.140. The average molecular weight is 394 g/mol. The highest BCUT2D eigenvalue weighted by Crippen LogP contribution is 2.32. The smallest absolute Gasteiger partial charge is 0.416 e. The molecule has 0 aliphatic carbocycles. The number of hydrogen-bond acceptors (Lipinski definition) is 3. The summed E-state index contributed by atoms with van der Waals surface area (Å²) in [6, 6.07) is 8.49. The molecule has 1 saturated heterocycles. The third-order valence-electron chi connectivity index (χ3n) is 4.97. The molecule has 0 unspecified atom stereocenters. The molecular weight excluding hydrogens is 373 g/mol. The lowest BCUT2D eigenvalue weighted by atomic mass is 9.95. The molecule has 2 heterocycles. The normalized spacial score (nSPS) is 15.5. The molecule has 8 heteroatoms. The summed E-state index contributed by atoms with van der Waals surface area (Å²) >= 11 is 0. The summed E-state index contributed by atoms with van der Waals surface area (Å²) in [6.45, 7) is 0.700. The van der Waals surface area contributed by atoms with E-state index < -0.39 is 11.7 Å². The van der Waals surface area contributed by atoms with Crippen LogP contribution < -0.4 is 0 Å². The van der Waals surface area contributed by atoms with Crippen molar-refractivity contribution < 1.29 is 27.2 Å². The molecule has 5 nitrogen and oxygen atoms in total. The van der Waals surface area contributed by atoms with E-state index in [1.54, 1.807) is 17.0 Å². The number of carbonyl (C=O) groups is 2. The first-order chi connectivity index (χ1) is 13.3. The van der Waals surface area contributed by atoms with Crippen molar-refractivity contribution in [2.75, 3.05) is 20.1 Å². The van der Waals surface area contributed by atoms with Crippen LogP contribution in [0.15, 0.2) is 47.1 Å². The van der Waals surface area contributed by atoms with Crippen LogP contribution in [0.5, 0.6) is 0 Å². The van der Waals surface area contributed by atoms with Gasteiger partial charge >= 0.3 is 6.18 Å². The Bertz CT molecular complexity index is 825. The van der Waals surface area contributed by atoms with Gasteiger partial charge in [0.1, 0.15) is 0 Å². The Hall–Kier alpha value is -2.77. The van der Waals surface area contributed by atoms with Crippen molar-refractivity contribution in [3.05, 3.63) is 59.5 Å². The van der Waals surface area contributed by atoms with Crippen molar-refractivity contribution in [2.24, 2.45) is 5.92 Å². The van der Waals surface area contributed by atoms with Crippen molar-refractivity contribution >= 4 is 11.8 Å². The number of halogens is 3. The number of likely N-dealkylation sites (tertiary alicyclic amines) is 1. The molecule has 1 fully saturated rings. The Labute approximate surface area is 160 Å². The first-order valence-corrected chi connectivity index (χ1v) is 9.00. The zero-order chi connectivity index (χ0) is 20.3. The molecule has 28 heavy (non-hydrogen) atoms. The van der Waals surface area contributed by atoms with Crippen molar-refractivity contribution in [3.8, 4) is 0 Å². The second-order valence-corrected chi connectivity index (χ2v) is 6.89. The molecule has 1 aliphatic rings. The Kier molecular flexibility index (Phi) is 5.76. The minimum atomic E-state index is -4.46. The van der Waals surface area contributed by atoms with Crippen LogP contribution in [0, 0.1) is 5.92 Å². The third-order valence-corrected chi connectivity index (χ3v) is 4.97. The fraction of sp³-hybridized carbons (Fsp3) is 0.400. The summed E-state index contributed by atoms with van der Waals surface area (Å²) in [5.74, 6) is -0.486. The maximum Gasteiger partial charge on any atom is 0.416 e. The molecule has 0 bridgehead atoms. The van der Waals surface area contributed by atoms with E-state index in [2.05, 4.69) is 0 Å². The van der Waals surface area contributed by atoms with Crippen LogP contribution in [0.3, 0.4) is 0 Å². The van der Waals surface area contributed by atoms with E-state index in [0.29, 0.717) is 25.9 Å². The molecular formula is C20H21F3N2O3. The number of furan rings is 1. The Morgan fingerprint density at radius 1 is 1.14 bits per heavy atom. The highest BCUT2D eigenvalue weighted by atomic mass is 19.4. The monoisotopic (exact) mass is 394 g/mol. The van der Waals surface area contributed by atoms with Gasteiger partial charge in [-0.25, -0.2) is 0 Å². The van der Waals surface area contributed by atoms with Gasteiger partial charge in [-0.1, -0.05) is 18.2 Å². The fourth-order valence-corrected chi connectivity index (χ4v) is 3.47. The SMILES string of the molecule is CN(Cc1ccccc1C(F)(F)F)C(=O)C1CCN(C(=O)c2ccco2)CC1. The summed E-state index contributed by atoms with van der Waals surface area (Å²) in [5.41, 5.74) is -0.662. The summed E-state index contributed by atoms with van der Waals surface area (Å²) in [6.07, 6.45) is -2.09. The molecule has 2 amide bonds. The standard InChI is InChI=1S/C20H21F3N2O3/c1-24(13-15-5-2-3-6-16(15)20(21,22)23)18(26)14-8-10-25(11-9-14)19(27)17-7-4-12-28-17/h2-7,12,14H,8-11,13H2,1H3. The molecule has 0 spiro atoms. The number of benzene rings is 1. The fourth-order valence-electron chi connectivity index (χ4n) is 3.47. The average Bonchev–Trinajstić information content (AvgIpc) is 3.21. The van der Waals surface area contributed by atoms with E-state index in [9.17, 15) is 22.8 Å². The Balaban J connectivity index is 1.59. The predicted octanol–water partition coefficient (Wildman–Crippen LogP) is 3.81. The quantitative estimate of drug-likeness (QED) is 0.793. The van der Waals surface area contributed by atoms with Gasteiger partial charge in [0, 0.05) is 32.6 Å². The Morgan fingerprint density at radius 3 is 2.43 bits per heavy atom. The molecule has 0 atom stereocenters. The number of piperidine rings is 1. The maximum atomic E-state index is 13.1. The van der Waals surface area contributed by atoms with Crippen LogP contribution >= 0.6 is 0 Å². The van der Waals surface area contributed by atoms with Crippen LogP contribution in [0.25, 0.3) is 0 Å². The van der Waals surface area contributed by atoms with Gasteiger partial charge < -0.3 is 14.2 Å². The van der Waals surface area contributed by atoms with Crippen LogP contribution in [0.1, 0.15) is 34.5 Å². The summed E-state index contributed by atoms with van der Waals surface area (Å²) < 4.78 is 44.5. The van der Waals surface area contributed by atoms with Gasteiger partial charge in [0.25, 0.3) is 5.91 Å². The topological polar surface area (TPSA) is 53.8 Å². The molecule has 2 aromatic rings. The van der Waals surface area contributed by atoms with Crippen molar-refractivity contribution in [1.29, 1.82) is 0 Å². The maximum absolute atomic E-state index is 13.1. The van der Waals surface area contributed by atoms with Gasteiger partial charge in [-0.2, -0.15) is 13.2 Å². The van der Waals surface area contributed by atoms with E-state index in [-0.39, 0.29) is 35.6 Å². The molecule has 1 aliphatic heterocycles. The second kappa shape index (κ2) is 8.08. The van der Waals surface area contributed by atoms with Gasteiger partial charge in [-0.3, -0.25) is 9.59 Å². The first kappa shape index (κ1) is 20.0. The van der Waals surface area contributed by atoms with Crippen LogP contribution in [-0.2, 0) is 17.5 Å². The van der Waals surface area contributed by atoms with Crippen LogP contribution in [0.4, 0.5) is 13.2 Å². The van der Waals surface area contributed by atoms with Crippen LogP contribution in [0.2, 0.25) is 0 Å². The lowest BCUT2D eigenvalue weighted by Crippen LogP contribution is -2.43. The van der Waals surface area contributed by atoms with Crippen LogP contribution in [-0.4, -0.2) is 41.8 Å². The summed E-state index contributed by atoms with van der Waals surface area (Å²) in [5, 5.41) is 0. The molecule has 0 radical (unpaired) electrons. The highest BCUT2D eigenvalue weighted by Gasteiger charge is 2.34. The molecule has 3 rings (SSSR count). The number of rotatable bonds is 4. The van der Waals surface area contributed by atoms with Gasteiger partial charge in [0.15, 0.2) is 5.76 Å². The van der Waals surface area contributed by atoms with Gasteiger partial charge in [-0.15, -0.1) is 0 Å². The first-order valence-electron chi connectivity index (χ1n) is 9.00. The van der Waals surface area contributed by atoms with E-state index >= 15 is 0 Å². The van der Waals surface area contributed by atoms with Crippen molar-refractivity contribution in [2.45, 2.75) is 25.6 Å². The molecule has 1 aromatic heterocycles. The highest BCUT2D eigenvalue weighted by molar-refractivity contribution is 5.91. The summed E-state index contributed by atoms with van der Waals surface area (Å²) in [4.78, 5) is 27.9. The van der Waals surface area contributed by atoms with Gasteiger partial charge in [0.05, 0.1) is 11.8 Å². The minimum Gasteiger partial charge on any atom is -0.459 e. The number of carbonyl (C=O) groups excluding carboxylic acids is 2. The number of hydrogen-bond donors (Lipinski definition) is 0. The molecule has 0 N–H and O–H groups in total. The van der Waals surface area contributed by atoms with E-state index in [1.165, 1.54) is 36.4 Å². The predicted molar refractivity (Wildman–Crippen MR) is 95.3 cm³/mol. The Morgan fingerprint density at radius 2 is 1.82 bits per heavy atom. The zero-order valence-electron chi connectivity index (χ0n) is 15.4. The zero-order valence-corrected chi connectivity index (χ0v) is 15.4. The third kappa shape index (κ3) is 4.37. The molecule has 1 aromatic carbocycles. The number of amides is 2. The molecule has 150 valence electrons. The van der Waals surface area contributed by atoms with E-state index in [1.807, 2.05) is 0 Å². The van der Waals surface area contributed by atoms with Crippen molar-refractivity contribution in [1.82, 2.24) is 9.80 Å². The number of nitrogens with zero attached hydrogens (tertiary/aromatic N) is 2. The molecule has 0 saturated carbocycles. The summed E-state index contributed by atoms with van der Waals surface area (Å²) in [7, 11) is 1.51. The minimum absolute atomic E-state index is 0.0660. The van der Waals surface area contributed by atoms with Gasteiger partial charge in [0.2, 0.25) is 5.91 Å². The van der Waals surface area contributed by atoms with Gasteiger partial charge in [-0.05, 0) is 36.6 Å². The largest absolute Gasteiger partial charge is 0.459 e. The van der Waals surface area contributed by atoms with E-state index in [4.69, 9.17) is 4.42 Å². The number of alkyl halides is 3. The van der Waals surface area contributed by atoms with Crippen molar-refractivity contribution in [3.63, 3.8) is 0 Å². The van der Waals surface area contributed by atoms with E-state index in [0.717, 1.165) is 6.07 Å².